The average molecular weight is 177 g/mol. The third-order valence-electron chi connectivity index (χ3n) is 2.22. The van der Waals surface area contributed by atoms with Gasteiger partial charge in [-0.1, -0.05) is 6.42 Å². The van der Waals surface area contributed by atoms with Crippen molar-refractivity contribution in [2.75, 3.05) is 12.4 Å². The van der Waals surface area contributed by atoms with Gasteiger partial charge >= 0.3 is 0 Å². The maximum atomic E-state index is 10.5. The second-order valence-electron chi connectivity index (χ2n) is 3.11. The molecule has 0 bridgehead atoms. The van der Waals surface area contributed by atoms with Crippen molar-refractivity contribution in [2.24, 2.45) is 0 Å². The molecule has 3 nitrogen and oxygen atoms in total. The highest BCUT2D eigenvalue weighted by molar-refractivity contribution is 7.79. The topological polar surface area (TPSA) is 40.5 Å². The maximum absolute atomic E-state index is 10.5. The number of piperidine rings is 1. The van der Waals surface area contributed by atoms with Gasteiger partial charge in [0.05, 0.1) is 0 Å². The van der Waals surface area contributed by atoms with Gasteiger partial charge in [0, 0.05) is 6.04 Å². The van der Waals surface area contributed by atoms with E-state index >= 15 is 0 Å². The van der Waals surface area contributed by atoms with Crippen molar-refractivity contribution in [3.8, 4) is 0 Å². The van der Waals surface area contributed by atoms with Crippen molar-refractivity contribution in [3.05, 3.63) is 0 Å². The van der Waals surface area contributed by atoms with Crippen LogP contribution in [0.4, 0.5) is 0 Å². The summed E-state index contributed by atoms with van der Waals surface area (Å²) in [6.45, 7) is 3.10. The zero-order chi connectivity index (χ0) is 8.27. The molecule has 0 radical (unpaired) electrons. The van der Waals surface area contributed by atoms with Crippen LogP contribution in [0.25, 0.3) is 0 Å². The van der Waals surface area contributed by atoms with Gasteiger partial charge in [0.2, 0.25) is 0 Å². The number of hydrogen-bond donors (Lipinski definition) is 1. The lowest BCUT2D eigenvalue weighted by atomic mass is 10.1. The molecule has 0 aromatic rings. The Bertz CT molecular complexity index is 151. The van der Waals surface area contributed by atoms with Crippen molar-refractivity contribution >= 4 is 11.1 Å². The monoisotopic (exact) mass is 177 g/mol. The summed E-state index contributed by atoms with van der Waals surface area (Å²) in [5.74, 6) is 0.321. The SMILES string of the molecule is CC1CCCCN1CS(=O)O. The molecule has 2 unspecified atom stereocenters. The molecular weight excluding hydrogens is 162 g/mol. The smallest absolute Gasteiger partial charge is 0.167 e. The molecule has 0 aromatic heterocycles. The number of likely N-dealkylation sites (tertiary alicyclic amines) is 1. The van der Waals surface area contributed by atoms with Crippen LogP contribution in [0.15, 0.2) is 0 Å². The van der Waals surface area contributed by atoms with Crippen molar-refractivity contribution in [1.82, 2.24) is 4.90 Å². The van der Waals surface area contributed by atoms with Crippen LogP contribution in [-0.4, -0.2) is 32.1 Å². The molecule has 0 spiro atoms. The molecule has 66 valence electrons. The molecular formula is C7H15NO2S. The summed E-state index contributed by atoms with van der Waals surface area (Å²) in [5, 5.41) is 0. The van der Waals surface area contributed by atoms with Crippen LogP contribution in [0, 0.1) is 0 Å². The van der Waals surface area contributed by atoms with Crippen LogP contribution in [0.3, 0.4) is 0 Å². The van der Waals surface area contributed by atoms with E-state index in [4.69, 9.17) is 4.55 Å². The van der Waals surface area contributed by atoms with E-state index in [-0.39, 0.29) is 0 Å². The summed E-state index contributed by atoms with van der Waals surface area (Å²) in [7, 11) is 0. The molecule has 1 N–H and O–H groups in total. The van der Waals surface area contributed by atoms with Gasteiger partial charge in [-0.3, -0.25) is 4.90 Å². The van der Waals surface area contributed by atoms with Gasteiger partial charge in [-0.25, -0.2) is 4.21 Å². The van der Waals surface area contributed by atoms with E-state index in [0.29, 0.717) is 11.9 Å². The normalized spacial score (nSPS) is 30.2. The first-order valence-corrected chi connectivity index (χ1v) is 5.29. The van der Waals surface area contributed by atoms with Gasteiger partial charge in [0.15, 0.2) is 11.1 Å². The molecule has 0 amide bonds. The lowest BCUT2D eigenvalue weighted by Gasteiger charge is -2.31. The Morgan fingerprint density at radius 2 is 2.36 bits per heavy atom. The second kappa shape index (κ2) is 4.18. The molecule has 1 saturated heterocycles. The second-order valence-corrected chi connectivity index (χ2v) is 4.01. The fourth-order valence-corrected chi connectivity index (χ4v) is 2.16. The highest BCUT2D eigenvalue weighted by Crippen LogP contribution is 2.15. The van der Waals surface area contributed by atoms with Crippen LogP contribution in [0.1, 0.15) is 26.2 Å². The highest BCUT2D eigenvalue weighted by Gasteiger charge is 2.18. The quantitative estimate of drug-likeness (QED) is 0.641. The van der Waals surface area contributed by atoms with E-state index in [2.05, 4.69) is 11.8 Å². The molecule has 0 aromatic carbocycles. The van der Waals surface area contributed by atoms with Crippen molar-refractivity contribution in [2.45, 2.75) is 32.2 Å². The molecule has 1 aliphatic heterocycles. The van der Waals surface area contributed by atoms with Gasteiger partial charge in [-0.2, -0.15) is 0 Å². The number of rotatable bonds is 2. The van der Waals surface area contributed by atoms with Gasteiger partial charge in [-0.05, 0) is 26.3 Å². The standard InChI is InChI=1S/C7H15NO2S/c1-7-4-2-3-5-8(7)6-11(9)10/h7H,2-6H2,1H3,(H,9,10). The zero-order valence-electron chi connectivity index (χ0n) is 6.82. The van der Waals surface area contributed by atoms with Crippen LogP contribution in [0.5, 0.6) is 0 Å². The molecule has 4 heteroatoms. The summed E-state index contributed by atoms with van der Waals surface area (Å²) in [5.41, 5.74) is 0. The number of nitrogens with zero attached hydrogens (tertiary/aromatic N) is 1. The first-order chi connectivity index (χ1) is 5.20. The minimum Gasteiger partial charge on any atom is -0.305 e. The lowest BCUT2D eigenvalue weighted by molar-refractivity contribution is 0.186. The van der Waals surface area contributed by atoms with Crippen molar-refractivity contribution in [1.29, 1.82) is 0 Å². The molecule has 0 saturated carbocycles. The fraction of sp³-hybridized carbons (Fsp3) is 1.00. The molecule has 11 heavy (non-hydrogen) atoms. The largest absolute Gasteiger partial charge is 0.305 e. The Hall–Kier alpha value is 0.0700. The Labute approximate surface area is 70.1 Å². The molecule has 2 atom stereocenters. The Morgan fingerprint density at radius 1 is 1.64 bits per heavy atom. The predicted molar refractivity (Wildman–Crippen MR) is 45.7 cm³/mol. The molecule has 1 fully saturated rings. The maximum Gasteiger partial charge on any atom is 0.167 e. The Morgan fingerprint density at radius 3 is 2.91 bits per heavy atom. The predicted octanol–water partition coefficient (Wildman–Crippen LogP) is 1.04. The summed E-state index contributed by atoms with van der Waals surface area (Å²) < 4.78 is 19.1. The van der Waals surface area contributed by atoms with Crippen LogP contribution >= 0.6 is 0 Å². The van der Waals surface area contributed by atoms with Crippen molar-refractivity contribution in [3.63, 3.8) is 0 Å². The zero-order valence-corrected chi connectivity index (χ0v) is 7.64. The average Bonchev–Trinajstić information content (AvgIpc) is 1.93. The van der Waals surface area contributed by atoms with Crippen LogP contribution < -0.4 is 0 Å². The minimum absolute atomic E-state index is 0.321. The minimum atomic E-state index is -1.66. The van der Waals surface area contributed by atoms with E-state index in [0.717, 1.165) is 13.0 Å². The lowest BCUT2D eigenvalue weighted by Crippen LogP contribution is -2.39. The van der Waals surface area contributed by atoms with E-state index in [1.54, 1.807) is 0 Å². The Balaban J connectivity index is 2.35. The number of hydrogen-bond acceptors (Lipinski definition) is 2. The van der Waals surface area contributed by atoms with Crippen LogP contribution in [0.2, 0.25) is 0 Å². The summed E-state index contributed by atoms with van der Waals surface area (Å²) >= 11 is -1.66. The summed E-state index contributed by atoms with van der Waals surface area (Å²) in [4.78, 5) is 2.08. The summed E-state index contributed by atoms with van der Waals surface area (Å²) in [6, 6.07) is 0.486. The summed E-state index contributed by atoms with van der Waals surface area (Å²) in [6.07, 6.45) is 3.59. The molecule has 0 aliphatic carbocycles. The molecule has 1 heterocycles. The molecule has 1 rings (SSSR count). The third-order valence-corrected chi connectivity index (χ3v) is 2.77. The van der Waals surface area contributed by atoms with Gasteiger partial charge in [0.1, 0.15) is 5.88 Å². The van der Waals surface area contributed by atoms with Gasteiger partial charge in [-0.15, -0.1) is 0 Å². The highest BCUT2D eigenvalue weighted by atomic mass is 32.2. The van der Waals surface area contributed by atoms with Gasteiger partial charge in [0.25, 0.3) is 0 Å². The fourth-order valence-electron chi connectivity index (χ4n) is 1.49. The van der Waals surface area contributed by atoms with Gasteiger partial charge < -0.3 is 4.55 Å². The third kappa shape index (κ3) is 2.89. The first kappa shape index (κ1) is 9.16. The van der Waals surface area contributed by atoms with E-state index in [1.807, 2.05) is 0 Å². The molecule has 1 aliphatic rings. The van der Waals surface area contributed by atoms with E-state index < -0.39 is 11.1 Å². The van der Waals surface area contributed by atoms with E-state index in [1.165, 1.54) is 12.8 Å². The van der Waals surface area contributed by atoms with E-state index in [9.17, 15) is 4.21 Å². The van der Waals surface area contributed by atoms with Crippen LogP contribution in [-0.2, 0) is 11.1 Å². The first-order valence-electron chi connectivity index (χ1n) is 4.01. The Kier molecular flexibility index (Phi) is 3.48. The van der Waals surface area contributed by atoms with Crippen molar-refractivity contribution < 1.29 is 8.76 Å².